The van der Waals surface area contributed by atoms with Gasteiger partial charge in [-0.05, 0) is 6.92 Å². The Morgan fingerprint density at radius 1 is 1.30 bits per heavy atom. The molecule has 1 amide bonds. The molecule has 0 aromatic carbocycles. The minimum absolute atomic E-state index is 0.140. The van der Waals surface area contributed by atoms with E-state index in [-0.39, 0.29) is 5.91 Å². The average molecular weight is 288 g/mol. The summed E-state index contributed by atoms with van der Waals surface area (Å²) >= 11 is 1.78. The molecule has 20 heavy (non-hydrogen) atoms. The van der Waals surface area contributed by atoms with Crippen LogP contribution in [-0.2, 0) is 30.7 Å². The van der Waals surface area contributed by atoms with E-state index in [4.69, 9.17) is 10.1 Å². The van der Waals surface area contributed by atoms with Crippen LogP contribution in [0.25, 0.3) is 11.4 Å². The zero-order valence-corrected chi connectivity index (χ0v) is 12.5. The molecule has 0 spiro atoms. The molecule has 0 N–H and O–H groups in total. The lowest BCUT2D eigenvalue weighted by Crippen LogP contribution is -2.34. The second-order valence-electron chi connectivity index (χ2n) is 5.44. The normalized spacial score (nSPS) is 16.6. The molecule has 4 rings (SSSR count). The molecule has 4 heterocycles. The van der Waals surface area contributed by atoms with Gasteiger partial charge in [0.05, 0.1) is 16.4 Å². The van der Waals surface area contributed by atoms with Crippen LogP contribution in [0.1, 0.15) is 28.1 Å². The molecular formula is C14H16N4OS. The first kappa shape index (κ1) is 12.1. The summed E-state index contributed by atoms with van der Waals surface area (Å²) in [4.78, 5) is 19.6. The molecule has 2 aliphatic heterocycles. The van der Waals surface area contributed by atoms with Crippen LogP contribution in [0.4, 0.5) is 0 Å². The second kappa shape index (κ2) is 4.15. The van der Waals surface area contributed by atoms with Gasteiger partial charge in [0, 0.05) is 49.8 Å². The summed E-state index contributed by atoms with van der Waals surface area (Å²) in [5.41, 5.74) is 4.60. The van der Waals surface area contributed by atoms with Gasteiger partial charge in [0.1, 0.15) is 5.69 Å². The molecule has 2 aromatic heterocycles. The van der Waals surface area contributed by atoms with Gasteiger partial charge in [-0.1, -0.05) is 0 Å². The molecule has 0 fully saturated rings. The second-order valence-corrected chi connectivity index (χ2v) is 6.73. The fourth-order valence-corrected chi connectivity index (χ4v) is 4.08. The van der Waals surface area contributed by atoms with Crippen LogP contribution in [0.2, 0.25) is 0 Å². The molecule has 0 atom stereocenters. The van der Waals surface area contributed by atoms with E-state index in [1.54, 1.807) is 18.3 Å². The third-order valence-electron chi connectivity index (χ3n) is 4.13. The summed E-state index contributed by atoms with van der Waals surface area (Å²) < 4.78 is 2.09. The first-order valence-electron chi connectivity index (χ1n) is 6.94. The summed E-state index contributed by atoms with van der Waals surface area (Å²) in [6.07, 6.45) is 1.87. The van der Waals surface area contributed by atoms with Crippen molar-refractivity contribution in [1.29, 1.82) is 0 Å². The smallest absolute Gasteiger partial charge is 0.219 e. The van der Waals surface area contributed by atoms with Gasteiger partial charge in [-0.15, -0.1) is 11.3 Å². The monoisotopic (exact) mass is 288 g/mol. The number of thiazole rings is 1. The molecule has 0 bridgehead atoms. The number of aryl methyl sites for hydroxylation is 3. The predicted octanol–water partition coefficient (Wildman–Crippen LogP) is 1.78. The standard InChI is InChI=1S/C14H16N4OS/c1-8-15-13-12(20-8)4-6-18-14(13)10-7-17(9(2)19)5-3-11(10)16-18/h3-7H2,1-2H3. The van der Waals surface area contributed by atoms with Crippen LogP contribution in [0.5, 0.6) is 0 Å². The van der Waals surface area contributed by atoms with Gasteiger partial charge >= 0.3 is 0 Å². The van der Waals surface area contributed by atoms with Gasteiger partial charge in [-0.3, -0.25) is 9.48 Å². The highest BCUT2D eigenvalue weighted by atomic mass is 32.1. The Kier molecular flexibility index (Phi) is 2.51. The predicted molar refractivity (Wildman–Crippen MR) is 76.6 cm³/mol. The van der Waals surface area contributed by atoms with Crippen molar-refractivity contribution >= 4 is 17.2 Å². The van der Waals surface area contributed by atoms with Crippen molar-refractivity contribution in [2.24, 2.45) is 0 Å². The van der Waals surface area contributed by atoms with Crippen LogP contribution in [-0.4, -0.2) is 32.1 Å². The Bertz CT molecular complexity index is 715. The van der Waals surface area contributed by atoms with Gasteiger partial charge in [0.2, 0.25) is 5.91 Å². The van der Waals surface area contributed by atoms with E-state index in [0.29, 0.717) is 6.54 Å². The third kappa shape index (κ3) is 1.64. The Morgan fingerprint density at radius 3 is 2.95 bits per heavy atom. The van der Waals surface area contributed by atoms with Crippen LogP contribution < -0.4 is 0 Å². The molecule has 2 aliphatic rings. The van der Waals surface area contributed by atoms with E-state index in [1.165, 1.54) is 10.4 Å². The van der Waals surface area contributed by atoms with Gasteiger partial charge < -0.3 is 4.90 Å². The molecule has 2 aromatic rings. The van der Waals surface area contributed by atoms with Gasteiger partial charge in [0.25, 0.3) is 0 Å². The molecule has 5 nitrogen and oxygen atoms in total. The number of rotatable bonds is 0. The molecule has 0 aliphatic carbocycles. The van der Waals surface area contributed by atoms with Crippen molar-refractivity contribution in [3.05, 3.63) is 21.1 Å². The minimum Gasteiger partial charge on any atom is -0.338 e. The van der Waals surface area contributed by atoms with Crippen LogP contribution >= 0.6 is 11.3 Å². The largest absolute Gasteiger partial charge is 0.338 e. The average Bonchev–Trinajstić information content (AvgIpc) is 2.96. The van der Waals surface area contributed by atoms with E-state index >= 15 is 0 Å². The number of aromatic nitrogens is 3. The van der Waals surface area contributed by atoms with Crippen molar-refractivity contribution < 1.29 is 4.79 Å². The fourth-order valence-electron chi connectivity index (χ4n) is 3.15. The van der Waals surface area contributed by atoms with Crippen LogP contribution in [0.3, 0.4) is 0 Å². The van der Waals surface area contributed by atoms with Crippen molar-refractivity contribution in [3.8, 4) is 11.4 Å². The van der Waals surface area contributed by atoms with E-state index in [9.17, 15) is 4.79 Å². The maximum absolute atomic E-state index is 11.6. The van der Waals surface area contributed by atoms with Crippen molar-refractivity contribution in [1.82, 2.24) is 19.7 Å². The van der Waals surface area contributed by atoms with E-state index in [1.807, 2.05) is 4.90 Å². The number of nitrogens with zero attached hydrogens (tertiary/aromatic N) is 4. The lowest BCUT2D eigenvalue weighted by molar-refractivity contribution is -0.129. The maximum Gasteiger partial charge on any atom is 0.219 e. The third-order valence-corrected chi connectivity index (χ3v) is 5.16. The Morgan fingerprint density at radius 2 is 2.15 bits per heavy atom. The number of carbonyl (C=O) groups excluding carboxylic acids is 1. The highest BCUT2D eigenvalue weighted by Crippen LogP contribution is 2.37. The van der Waals surface area contributed by atoms with Crippen LogP contribution in [0.15, 0.2) is 0 Å². The summed E-state index contributed by atoms with van der Waals surface area (Å²) in [7, 11) is 0. The molecular weight excluding hydrogens is 272 g/mol. The zero-order valence-electron chi connectivity index (χ0n) is 11.6. The molecule has 0 unspecified atom stereocenters. The summed E-state index contributed by atoms with van der Waals surface area (Å²) in [5, 5.41) is 5.85. The quantitative estimate of drug-likeness (QED) is 0.742. The minimum atomic E-state index is 0.140. The topological polar surface area (TPSA) is 51.0 Å². The number of fused-ring (bicyclic) bond motifs is 5. The summed E-state index contributed by atoms with van der Waals surface area (Å²) in [5.74, 6) is 0.140. The molecule has 0 radical (unpaired) electrons. The Labute approximate surface area is 121 Å². The molecule has 6 heteroatoms. The van der Waals surface area contributed by atoms with Gasteiger partial charge in [-0.2, -0.15) is 5.10 Å². The molecule has 104 valence electrons. The van der Waals surface area contributed by atoms with Crippen LogP contribution in [0, 0.1) is 6.92 Å². The van der Waals surface area contributed by atoms with Crippen molar-refractivity contribution in [2.75, 3.05) is 6.54 Å². The lowest BCUT2D eigenvalue weighted by Gasteiger charge is -2.26. The van der Waals surface area contributed by atoms with Gasteiger partial charge in [0.15, 0.2) is 0 Å². The summed E-state index contributed by atoms with van der Waals surface area (Å²) in [6, 6.07) is 0. The number of amides is 1. The van der Waals surface area contributed by atoms with Crippen molar-refractivity contribution in [2.45, 2.75) is 39.8 Å². The Balaban J connectivity index is 1.86. The molecule has 0 saturated carbocycles. The summed E-state index contributed by atoms with van der Waals surface area (Å²) in [6.45, 7) is 6.08. The van der Waals surface area contributed by atoms with Gasteiger partial charge in [-0.25, -0.2) is 4.98 Å². The highest BCUT2D eigenvalue weighted by molar-refractivity contribution is 7.12. The van der Waals surface area contributed by atoms with Crippen molar-refractivity contribution in [3.63, 3.8) is 0 Å². The number of carbonyl (C=O) groups is 1. The zero-order chi connectivity index (χ0) is 13.9. The lowest BCUT2D eigenvalue weighted by atomic mass is 10.0. The van der Waals surface area contributed by atoms with E-state index < -0.39 is 0 Å². The highest BCUT2D eigenvalue weighted by Gasteiger charge is 2.31. The van der Waals surface area contributed by atoms with E-state index in [2.05, 4.69) is 11.6 Å². The Hall–Kier alpha value is -1.69. The van der Waals surface area contributed by atoms with E-state index in [0.717, 1.165) is 48.0 Å². The number of hydrogen-bond donors (Lipinski definition) is 0. The maximum atomic E-state index is 11.6. The first-order chi connectivity index (χ1) is 9.63. The molecule has 0 saturated heterocycles. The number of hydrogen-bond acceptors (Lipinski definition) is 4. The fraction of sp³-hybridized carbons (Fsp3) is 0.500. The first-order valence-corrected chi connectivity index (χ1v) is 7.76. The SMILES string of the molecule is CC(=O)N1CCc2nn3c(c2C1)-c1nc(C)sc1CC3.